The molecule has 7 nitrogen and oxygen atoms in total. The van der Waals surface area contributed by atoms with Gasteiger partial charge in [0.1, 0.15) is 17.5 Å². The highest BCUT2D eigenvalue weighted by atomic mass is 16.5. The Kier molecular flexibility index (Phi) is 4.97. The molecular weight excluding hydrogens is 270 g/mol. The summed E-state index contributed by atoms with van der Waals surface area (Å²) in [7, 11) is 0. The van der Waals surface area contributed by atoms with E-state index in [2.05, 4.69) is 20.3 Å². The van der Waals surface area contributed by atoms with Crippen LogP contribution in [0.5, 0.6) is 0 Å². The van der Waals surface area contributed by atoms with Gasteiger partial charge in [-0.15, -0.1) is 0 Å². The molecule has 2 atom stereocenters. The third-order valence-corrected chi connectivity index (χ3v) is 3.62. The average molecular weight is 295 g/mol. The molecule has 2 heterocycles. The number of anilines is 2. The van der Waals surface area contributed by atoms with Crippen LogP contribution in [0.1, 0.15) is 38.1 Å². The monoisotopic (exact) mass is 295 g/mol. The number of nitrogen functional groups attached to an aromatic ring is 1. The minimum atomic E-state index is -0.195. The number of aliphatic hydroxyl groups is 1. The van der Waals surface area contributed by atoms with Crippen molar-refractivity contribution in [3.63, 3.8) is 0 Å². The number of nitrogens with one attached hydrogen (secondary N) is 1. The lowest BCUT2D eigenvalue weighted by atomic mass is 10.1. The highest BCUT2D eigenvalue weighted by molar-refractivity contribution is 5.58. The minimum Gasteiger partial charge on any atom is -0.394 e. The Morgan fingerprint density at radius 3 is 2.71 bits per heavy atom. The molecule has 0 aromatic carbocycles. The van der Waals surface area contributed by atoms with Gasteiger partial charge in [0.05, 0.1) is 18.8 Å². The molecule has 2 rings (SSSR count). The van der Waals surface area contributed by atoms with Crippen LogP contribution in [0, 0.1) is 6.92 Å². The van der Waals surface area contributed by atoms with Crippen LogP contribution >= 0.6 is 0 Å². The SMILES string of the molecule is Cc1c(NN)nc(C(C)C)nc1N1CC(C)OC(CO)C1. The predicted molar refractivity (Wildman–Crippen MR) is 82.3 cm³/mol. The van der Waals surface area contributed by atoms with Crippen molar-refractivity contribution in [1.82, 2.24) is 9.97 Å². The molecule has 1 aromatic heterocycles. The molecule has 0 bridgehead atoms. The number of rotatable bonds is 4. The number of hydrogen-bond acceptors (Lipinski definition) is 7. The molecule has 1 aliphatic rings. The molecule has 0 saturated carbocycles. The lowest BCUT2D eigenvalue weighted by Crippen LogP contribution is -2.48. The number of aromatic nitrogens is 2. The molecule has 0 radical (unpaired) electrons. The number of hydrazine groups is 1. The van der Waals surface area contributed by atoms with Crippen LogP contribution in [0.15, 0.2) is 0 Å². The van der Waals surface area contributed by atoms with E-state index in [-0.39, 0.29) is 24.7 Å². The molecule has 7 heteroatoms. The van der Waals surface area contributed by atoms with Crippen molar-refractivity contribution in [2.24, 2.45) is 5.84 Å². The van der Waals surface area contributed by atoms with Crippen molar-refractivity contribution < 1.29 is 9.84 Å². The smallest absolute Gasteiger partial charge is 0.148 e. The number of nitrogens with two attached hydrogens (primary N) is 1. The molecule has 1 fully saturated rings. The van der Waals surface area contributed by atoms with Crippen molar-refractivity contribution in [3.05, 3.63) is 11.4 Å². The molecule has 2 unspecified atom stereocenters. The predicted octanol–water partition coefficient (Wildman–Crippen LogP) is 0.780. The molecule has 0 spiro atoms. The van der Waals surface area contributed by atoms with Crippen molar-refractivity contribution in [2.45, 2.75) is 45.8 Å². The standard InChI is InChI=1S/C14H25N5O2/c1-8(2)12-16-13(18-15)10(4)14(17-12)19-5-9(3)21-11(6-19)7-20/h8-9,11,20H,5-7,15H2,1-4H3,(H,16,17,18). The van der Waals surface area contributed by atoms with E-state index in [0.29, 0.717) is 12.4 Å². The molecule has 0 amide bonds. The van der Waals surface area contributed by atoms with Gasteiger partial charge in [0.15, 0.2) is 0 Å². The van der Waals surface area contributed by atoms with Crippen molar-refractivity contribution in [2.75, 3.05) is 30.0 Å². The summed E-state index contributed by atoms with van der Waals surface area (Å²) in [4.78, 5) is 11.3. The molecule has 4 N–H and O–H groups in total. The lowest BCUT2D eigenvalue weighted by Gasteiger charge is -2.37. The Balaban J connectivity index is 2.39. The van der Waals surface area contributed by atoms with E-state index in [1.165, 1.54) is 0 Å². The van der Waals surface area contributed by atoms with E-state index in [4.69, 9.17) is 10.6 Å². The van der Waals surface area contributed by atoms with Gasteiger partial charge in [-0.1, -0.05) is 13.8 Å². The summed E-state index contributed by atoms with van der Waals surface area (Å²) in [5.74, 6) is 8.04. The molecule has 1 saturated heterocycles. The summed E-state index contributed by atoms with van der Waals surface area (Å²) in [5.41, 5.74) is 3.56. The van der Waals surface area contributed by atoms with E-state index in [9.17, 15) is 5.11 Å². The molecular formula is C14H25N5O2. The zero-order valence-electron chi connectivity index (χ0n) is 13.1. The van der Waals surface area contributed by atoms with Gasteiger partial charge in [-0.2, -0.15) is 0 Å². The van der Waals surface area contributed by atoms with E-state index >= 15 is 0 Å². The van der Waals surface area contributed by atoms with Gasteiger partial charge in [-0.25, -0.2) is 15.8 Å². The quantitative estimate of drug-likeness (QED) is 0.558. The zero-order chi connectivity index (χ0) is 15.6. The van der Waals surface area contributed by atoms with Gasteiger partial charge < -0.3 is 20.2 Å². The number of ether oxygens (including phenoxy) is 1. The second-order valence-corrected chi connectivity index (χ2v) is 5.83. The van der Waals surface area contributed by atoms with Crippen LogP contribution in [0.4, 0.5) is 11.6 Å². The molecule has 118 valence electrons. The van der Waals surface area contributed by atoms with Crippen molar-refractivity contribution in [3.8, 4) is 0 Å². The first kappa shape index (κ1) is 15.9. The maximum atomic E-state index is 9.37. The lowest BCUT2D eigenvalue weighted by molar-refractivity contribution is -0.0423. The summed E-state index contributed by atoms with van der Waals surface area (Å²) in [6.45, 7) is 9.39. The van der Waals surface area contributed by atoms with Gasteiger partial charge in [-0.3, -0.25) is 0 Å². The first-order valence-electron chi connectivity index (χ1n) is 7.32. The number of morpholine rings is 1. The molecule has 21 heavy (non-hydrogen) atoms. The summed E-state index contributed by atoms with van der Waals surface area (Å²) in [6, 6.07) is 0. The maximum absolute atomic E-state index is 9.37. The second kappa shape index (κ2) is 6.55. The van der Waals surface area contributed by atoms with Gasteiger partial charge in [0, 0.05) is 24.6 Å². The zero-order valence-corrected chi connectivity index (χ0v) is 13.1. The third-order valence-electron chi connectivity index (χ3n) is 3.62. The fourth-order valence-corrected chi connectivity index (χ4v) is 2.55. The largest absolute Gasteiger partial charge is 0.394 e. The Morgan fingerprint density at radius 2 is 2.14 bits per heavy atom. The van der Waals surface area contributed by atoms with Crippen LogP contribution in [0.3, 0.4) is 0 Å². The fraction of sp³-hybridized carbons (Fsp3) is 0.714. The molecule has 1 aromatic rings. The Hall–Kier alpha value is -1.44. The fourth-order valence-electron chi connectivity index (χ4n) is 2.55. The van der Waals surface area contributed by atoms with Crippen molar-refractivity contribution in [1.29, 1.82) is 0 Å². The third kappa shape index (κ3) is 3.42. The summed E-state index contributed by atoms with van der Waals surface area (Å²) in [5, 5.41) is 9.37. The minimum absolute atomic E-state index is 0.00397. The normalized spacial score (nSPS) is 22.7. The first-order chi connectivity index (χ1) is 9.96. The summed E-state index contributed by atoms with van der Waals surface area (Å²) >= 11 is 0. The number of hydrogen-bond donors (Lipinski definition) is 3. The Labute approximate surface area is 125 Å². The van der Waals surface area contributed by atoms with Gasteiger partial charge in [-0.05, 0) is 13.8 Å². The number of nitrogens with zero attached hydrogens (tertiary/aromatic N) is 3. The highest BCUT2D eigenvalue weighted by Crippen LogP contribution is 2.27. The van der Waals surface area contributed by atoms with Crippen molar-refractivity contribution >= 4 is 11.6 Å². The van der Waals surface area contributed by atoms with E-state index in [0.717, 1.165) is 23.8 Å². The van der Waals surface area contributed by atoms with Crippen LogP contribution < -0.4 is 16.2 Å². The first-order valence-corrected chi connectivity index (χ1v) is 7.32. The Bertz CT molecular complexity index is 494. The average Bonchev–Trinajstić information content (AvgIpc) is 2.46. The summed E-state index contributed by atoms with van der Waals surface area (Å²) < 4.78 is 5.69. The molecule has 0 aliphatic carbocycles. The molecule has 1 aliphatic heterocycles. The second-order valence-electron chi connectivity index (χ2n) is 5.83. The van der Waals surface area contributed by atoms with Crippen LogP contribution in [0.2, 0.25) is 0 Å². The van der Waals surface area contributed by atoms with Crippen LogP contribution in [-0.2, 0) is 4.74 Å². The number of aliphatic hydroxyl groups excluding tert-OH is 1. The highest BCUT2D eigenvalue weighted by Gasteiger charge is 2.28. The van der Waals surface area contributed by atoms with E-state index in [1.807, 2.05) is 27.7 Å². The summed E-state index contributed by atoms with van der Waals surface area (Å²) in [6.07, 6.45) is -0.151. The van der Waals surface area contributed by atoms with E-state index < -0.39 is 0 Å². The van der Waals surface area contributed by atoms with E-state index in [1.54, 1.807) is 0 Å². The maximum Gasteiger partial charge on any atom is 0.148 e. The van der Waals surface area contributed by atoms with Gasteiger partial charge in [0.25, 0.3) is 0 Å². The van der Waals surface area contributed by atoms with Gasteiger partial charge >= 0.3 is 0 Å². The Morgan fingerprint density at radius 1 is 1.43 bits per heavy atom. The van der Waals surface area contributed by atoms with Crippen LogP contribution in [-0.4, -0.2) is 47.0 Å². The topological polar surface area (TPSA) is 96.5 Å². The van der Waals surface area contributed by atoms with Crippen LogP contribution in [0.25, 0.3) is 0 Å². The van der Waals surface area contributed by atoms with Gasteiger partial charge in [0.2, 0.25) is 0 Å².